The molecule has 0 bridgehead atoms. The second-order valence-electron chi connectivity index (χ2n) is 5.84. The first kappa shape index (κ1) is 20.4. The summed E-state index contributed by atoms with van der Waals surface area (Å²) in [7, 11) is 0. The van der Waals surface area contributed by atoms with Gasteiger partial charge in [-0.1, -0.05) is 41.4 Å². The molecule has 0 unspecified atom stereocenters. The molecule has 1 fully saturated rings. The van der Waals surface area contributed by atoms with Gasteiger partial charge in [-0.2, -0.15) is 16.9 Å². The standard InChI is InChI=1S/C19H18Cl2N2O2S2/c20-17-5-2-6-18(21)16(17)11-27-12-19(24)23-22-8-13-3-1-4-14(7-13)25-15-9-26-10-15/h1-8,15H,9-12H2,(H,23,24)/b22-8+. The molecule has 0 saturated carbocycles. The predicted molar refractivity (Wildman–Crippen MR) is 117 cm³/mol. The molecule has 4 nitrogen and oxygen atoms in total. The Hall–Kier alpha value is -1.34. The number of amides is 1. The van der Waals surface area contributed by atoms with Crippen molar-refractivity contribution >= 4 is 58.8 Å². The zero-order valence-corrected chi connectivity index (χ0v) is 17.5. The molecule has 0 atom stereocenters. The van der Waals surface area contributed by atoms with E-state index in [1.807, 2.05) is 36.0 Å². The van der Waals surface area contributed by atoms with Gasteiger partial charge in [0, 0.05) is 27.3 Å². The molecule has 0 spiro atoms. The van der Waals surface area contributed by atoms with Crippen molar-refractivity contribution in [1.29, 1.82) is 0 Å². The summed E-state index contributed by atoms with van der Waals surface area (Å²) in [4.78, 5) is 11.9. The minimum Gasteiger partial charge on any atom is -0.489 e. The summed E-state index contributed by atoms with van der Waals surface area (Å²) in [5.74, 6) is 3.54. The number of nitrogens with one attached hydrogen (secondary N) is 1. The van der Waals surface area contributed by atoms with Crippen LogP contribution in [0.3, 0.4) is 0 Å². The number of hydrazone groups is 1. The van der Waals surface area contributed by atoms with E-state index in [1.54, 1.807) is 24.4 Å². The summed E-state index contributed by atoms with van der Waals surface area (Å²) in [6.45, 7) is 0. The number of rotatable bonds is 8. The quantitative estimate of drug-likeness (QED) is 0.469. The molecule has 1 saturated heterocycles. The molecule has 1 heterocycles. The molecular weight excluding hydrogens is 423 g/mol. The highest BCUT2D eigenvalue weighted by atomic mass is 35.5. The monoisotopic (exact) mass is 440 g/mol. The van der Waals surface area contributed by atoms with Gasteiger partial charge in [-0.25, -0.2) is 5.43 Å². The average Bonchev–Trinajstić information content (AvgIpc) is 2.61. The molecule has 1 aliphatic heterocycles. The molecule has 2 aromatic rings. The predicted octanol–water partition coefficient (Wildman–Crippen LogP) is 4.87. The Balaban J connectivity index is 1.42. The van der Waals surface area contributed by atoms with Crippen LogP contribution in [0.2, 0.25) is 10.0 Å². The molecular formula is C19H18Cl2N2O2S2. The van der Waals surface area contributed by atoms with Crippen molar-refractivity contribution in [3.63, 3.8) is 0 Å². The Bertz CT molecular complexity index is 809. The van der Waals surface area contributed by atoms with Gasteiger partial charge in [-0.15, -0.1) is 11.8 Å². The van der Waals surface area contributed by atoms with Gasteiger partial charge in [0.2, 0.25) is 5.91 Å². The second-order valence-corrected chi connectivity index (χ2v) is 8.71. The maximum absolute atomic E-state index is 11.9. The van der Waals surface area contributed by atoms with Crippen LogP contribution < -0.4 is 10.2 Å². The number of nitrogens with zero attached hydrogens (tertiary/aromatic N) is 1. The van der Waals surface area contributed by atoms with Crippen molar-refractivity contribution in [2.45, 2.75) is 11.9 Å². The number of thioether (sulfide) groups is 2. The van der Waals surface area contributed by atoms with Crippen molar-refractivity contribution in [3.8, 4) is 5.75 Å². The van der Waals surface area contributed by atoms with Crippen molar-refractivity contribution in [1.82, 2.24) is 5.43 Å². The summed E-state index contributed by atoms with van der Waals surface area (Å²) < 4.78 is 5.84. The molecule has 0 aromatic heterocycles. The zero-order chi connectivity index (χ0) is 19.1. The Morgan fingerprint density at radius 3 is 2.70 bits per heavy atom. The maximum atomic E-state index is 11.9. The third-order valence-corrected chi connectivity index (χ3v) is 6.59. The third kappa shape index (κ3) is 6.35. The van der Waals surface area contributed by atoms with Crippen LogP contribution in [0, 0.1) is 0 Å². The van der Waals surface area contributed by atoms with Gasteiger partial charge >= 0.3 is 0 Å². The van der Waals surface area contributed by atoms with Gasteiger partial charge < -0.3 is 4.74 Å². The Morgan fingerprint density at radius 2 is 2.00 bits per heavy atom. The zero-order valence-electron chi connectivity index (χ0n) is 14.4. The number of benzene rings is 2. The molecule has 8 heteroatoms. The van der Waals surface area contributed by atoms with E-state index in [9.17, 15) is 4.79 Å². The molecule has 1 amide bonds. The highest BCUT2D eigenvalue weighted by Crippen LogP contribution is 2.28. The summed E-state index contributed by atoms with van der Waals surface area (Å²) in [6, 6.07) is 13.0. The lowest BCUT2D eigenvalue weighted by Gasteiger charge is -2.25. The highest BCUT2D eigenvalue weighted by Gasteiger charge is 2.19. The van der Waals surface area contributed by atoms with Crippen LogP contribution in [-0.2, 0) is 10.5 Å². The summed E-state index contributed by atoms with van der Waals surface area (Å²) in [5, 5.41) is 5.22. The van der Waals surface area contributed by atoms with Crippen LogP contribution in [0.1, 0.15) is 11.1 Å². The van der Waals surface area contributed by atoms with E-state index in [0.29, 0.717) is 21.9 Å². The molecule has 2 aromatic carbocycles. The minimum absolute atomic E-state index is 0.182. The van der Waals surface area contributed by atoms with Gasteiger partial charge in [0.1, 0.15) is 11.9 Å². The maximum Gasteiger partial charge on any atom is 0.250 e. The van der Waals surface area contributed by atoms with Crippen LogP contribution in [0.4, 0.5) is 0 Å². The van der Waals surface area contributed by atoms with Crippen molar-refractivity contribution in [2.75, 3.05) is 17.3 Å². The van der Waals surface area contributed by atoms with Crippen LogP contribution in [-0.4, -0.2) is 35.5 Å². The Morgan fingerprint density at radius 1 is 1.26 bits per heavy atom. The normalized spacial score (nSPS) is 14.1. The first-order valence-corrected chi connectivity index (χ1v) is 11.4. The molecule has 142 valence electrons. The molecule has 27 heavy (non-hydrogen) atoms. The fourth-order valence-electron chi connectivity index (χ4n) is 2.27. The van der Waals surface area contributed by atoms with E-state index in [0.717, 1.165) is 28.4 Å². The van der Waals surface area contributed by atoms with E-state index < -0.39 is 0 Å². The molecule has 0 radical (unpaired) electrons. The number of carbonyl (C=O) groups is 1. The van der Waals surface area contributed by atoms with Crippen molar-refractivity contribution in [3.05, 3.63) is 63.6 Å². The number of ether oxygens (including phenoxy) is 1. The van der Waals surface area contributed by atoms with Crippen molar-refractivity contribution in [2.24, 2.45) is 5.10 Å². The lowest BCUT2D eigenvalue weighted by atomic mass is 10.2. The summed E-state index contributed by atoms with van der Waals surface area (Å²) in [5.41, 5.74) is 4.24. The Labute approximate surface area is 177 Å². The average molecular weight is 441 g/mol. The van der Waals surface area contributed by atoms with E-state index >= 15 is 0 Å². The van der Waals surface area contributed by atoms with E-state index in [2.05, 4.69) is 10.5 Å². The van der Waals surface area contributed by atoms with Gasteiger partial charge in [0.15, 0.2) is 0 Å². The number of hydrogen-bond acceptors (Lipinski definition) is 5. The largest absolute Gasteiger partial charge is 0.489 e. The van der Waals surface area contributed by atoms with E-state index in [-0.39, 0.29) is 11.7 Å². The summed E-state index contributed by atoms with van der Waals surface area (Å²) in [6.07, 6.45) is 1.90. The number of halogens is 2. The lowest BCUT2D eigenvalue weighted by Crippen LogP contribution is -2.31. The van der Waals surface area contributed by atoms with Crippen molar-refractivity contribution < 1.29 is 9.53 Å². The Kier molecular flexibility index (Phi) is 7.76. The lowest BCUT2D eigenvalue weighted by molar-refractivity contribution is -0.118. The number of carbonyl (C=O) groups excluding carboxylic acids is 1. The first-order chi connectivity index (χ1) is 13.1. The summed E-state index contributed by atoms with van der Waals surface area (Å²) >= 11 is 15.5. The number of hydrogen-bond donors (Lipinski definition) is 1. The van der Waals surface area contributed by atoms with Gasteiger partial charge in [-0.3, -0.25) is 4.79 Å². The van der Waals surface area contributed by atoms with Crippen LogP contribution in [0.25, 0.3) is 0 Å². The molecule has 0 aliphatic carbocycles. The van der Waals surface area contributed by atoms with Crippen LogP contribution >= 0.6 is 46.7 Å². The smallest absolute Gasteiger partial charge is 0.250 e. The second kappa shape index (κ2) is 10.3. The minimum atomic E-state index is -0.182. The molecule has 1 aliphatic rings. The third-order valence-electron chi connectivity index (χ3n) is 3.71. The van der Waals surface area contributed by atoms with Gasteiger partial charge in [0.25, 0.3) is 0 Å². The SMILES string of the molecule is O=C(CSCc1c(Cl)cccc1Cl)N/N=C/c1cccc(OC2CSC2)c1. The van der Waals surface area contributed by atoms with E-state index in [4.69, 9.17) is 27.9 Å². The van der Waals surface area contributed by atoms with Gasteiger partial charge in [-0.05, 0) is 35.4 Å². The highest BCUT2D eigenvalue weighted by molar-refractivity contribution is 8.00. The van der Waals surface area contributed by atoms with Gasteiger partial charge in [0.05, 0.1) is 12.0 Å². The fraction of sp³-hybridized carbons (Fsp3) is 0.263. The molecule has 1 N–H and O–H groups in total. The topological polar surface area (TPSA) is 50.7 Å². The van der Waals surface area contributed by atoms with Crippen LogP contribution in [0.5, 0.6) is 5.75 Å². The molecule has 3 rings (SSSR count). The van der Waals surface area contributed by atoms with E-state index in [1.165, 1.54) is 11.8 Å². The fourth-order valence-corrected chi connectivity index (χ4v) is 4.39. The van der Waals surface area contributed by atoms with Crippen LogP contribution in [0.15, 0.2) is 47.6 Å². The first-order valence-electron chi connectivity index (χ1n) is 8.29.